The Morgan fingerprint density at radius 2 is 2.33 bits per heavy atom. The van der Waals surface area contributed by atoms with Gasteiger partial charge in [-0.15, -0.1) is 0 Å². The third-order valence-corrected chi connectivity index (χ3v) is 1.74. The molecule has 0 bridgehead atoms. The van der Waals surface area contributed by atoms with Gasteiger partial charge in [0, 0.05) is 26.3 Å². The highest BCUT2D eigenvalue weighted by molar-refractivity contribution is 5.51. The van der Waals surface area contributed by atoms with E-state index in [1.165, 1.54) is 6.20 Å². The van der Waals surface area contributed by atoms with E-state index in [4.69, 9.17) is 20.5 Å². The third kappa shape index (κ3) is 3.44. The molecule has 0 aliphatic rings. The Hall–Kier alpha value is -1.80. The number of rotatable bonds is 5. The molecule has 0 fully saturated rings. The molecule has 5 heteroatoms. The monoisotopic (exact) mass is 207 g/mol. The van der Waals surface area contributed by atoms with E-state index in [2.05, 4.69) is 4.98 Å². The van der Waals surface area contributed by atoms with Gasteiger partial charge in [0.1, 0.15) is 6.07 Å². The predicted molar refractivity (Wildman–Crippen MR) is 55.4 cm³/mol. The second kappa shape index (κ2) is 5.83. The van der Waals surface area contributed by atoms with Crippen LogP contribution in [0.2, 0.25) is 0 Å². The average molecular weight is 207 g/mol. The van der Waals surface area contributed by atoms with Crippen molar-refractivity contribution in [3.05, 3.63) is 17.8 Å². The van der Waals surface area contributed by atoms with Gasteiger partial charge in [0.15, 0.2) is 0 Å². The summed E-state index contributed by atoms with van der Waals surface area (Å²) < 4.78 is 10.2. The molecule has 15 heavy (non-hydrogen) atoms. The van der Waals surface area contributed by atoms with E-state index in [1.807, 2.05) is 6.07 Å². The molecule has 0 amide bonds. The van der Waals surface area contributed by atoms with Gasteiger partial charge in [-0.05, 0) is 6.07 Å². The van der Waals surface area contributed by atoms with Crippen molar-refractivity contribution in [2.75, 3.05) is 26.1 Å². The van der Waals surface area contributed by atoms with Crippen LogP contribution < -0.4 is 10.5 Å². The van der Waals surface area contributed by atoms with Crippen LogP contribution in [-0.4, -0.2) is 25.3 Å². The van der Waals surface area contributed by atoms with Crippen LogP contribution in [0.4, 0.5) is 5.69 Å². The van der Waals surface area contributed by atoms with Gasteiger partial charge in [-0.3, -0.25) is 0 Å². The largest absolute Gasteiger partial charge is 0.476 e. The number of nitrogens with two attached hydrogens (primary N) is 1. The number of nitrogen functional groups attached to an aromatic ring is 1. The Kier molecular flexibility index (Phi) is 4.38. The topological polar surface area (TPSA) is 81.2 Å². The van der Waals surface area contributed by atoms with Crippen molar-refractivity contribution in [2.45, 2.75) is 6.42 Å². The lowest BCUT2D eigenvalue weighted by molar-refractivity contribution is 0.171. The average Bonchev–Trinajstić information content (AvgIpc) is 2.26. The van der Waals surface area contributed by atoms with Gasteiger partial charge in [-0.25, -0.2) is 4.98 Å². The number of aromatic nitrogens is 1. The van der Waals surface area contributed by atoms with Crippen LogP contribution in [0.1, 0.15) is 12.0 Å². The van der Waals surface area contributed by atoms with Crippen LogP contribution in [0.3, 0.4) is 0 Å². The first-order valence-electron chi connectivity index (χ1n) is 4.55. The molecule has 0 aliphatic heterocycles. The molecule has 80 valence electrons. The van der Waals surface area contributed by atoms with Crippen molar-refractivity contribution in [3.63, 3.8) is 0 Å². The van der Waals surface area contributed by atoms with Crippen molar-refractivity contribution in [1.82, 2.24) is 4.98 Å². The van der Waals surface area contributed by atoms with Gasteiger partial charge in [0.25, 0.3) is 0 Å². The molecule has 1 heterocycles. The zero-order chi connectivity index (χ0) is 11.1. The van der Waals surface area contributed by atoms with Crippen LogP contribution in [-0.2, 0) is 4.74 Å². The van der Waals surface area contributed by atoms with E-state index in [9.17, 15) is 0 Å². The minimum Gasteiger partial charge on any atom is -0.476 e. The molecule has 0 unspecified atom stereocenters. The van der Waals surface area contributed by atoms with Gasteiger partial charge in [0.05, 0.1) is 17.9 Å². The minimum atomic E-state index is 0.366. The zero-order valence-corrected chi connectivity index (χ0v) is 8.56. The lowest BCUT2D eigenvalue weighted by Gasteiger charge is -2.06. The van der Waals surface area contributed by atoms with E-state index in [-0.39, 0.29) is 0 Å². The molecule has 0 spiro atoms. The number of anilines is 1. The molecule has 0 atom stereocenters. The fraction of sp³-hybridized carbons (Fsp3) is 0.400. The zero-order valence-electron chi connectivity index (χ0n) is 8.56. The number of hydrogen-bond acceptors (Lipinski definition) is 5. The number of nitriles is 1. The standard InChI is InChI=1S/C10H13N3O2/c1-14-3-2-4-15-10-9(12)5-8(6-11)7-13-10/h5,7H,2-4,12H2,1H3. The number of hydrogen-bond donors (Lipinski definition) is 1. The summed E-state index contributed by atoms with van der Waals surface area (Å²) >= 11 is 0. The first kappa shape index (κ1) is 11.3. The van der Waals surface area contributed by atoms with E-state index < -0.39 is 0 Å². The van der Waals surface area contributed by atoms with Crippen molar-refractivity contribution in [1.29, 1.82) is 5.26 Å². The maximum Gasteiger partial charge on any atom is 0.237 e. The Labute approximate surface area is 88.4 Å². The van der Waals surface area contributed by atoms with Crippen LogP contribution in [0.25, 0.3) is 0 Å². The molecule has 1 aromatic heterocycles. The Balaban J connectivity index is 2.52. The van der Waals surface area contributed by atoms with Gasteiger partial charge in [-0.2, -0.15) is 5.26 Å². The molecule has 5 nitrogen and oxygen atoms in total. The summed E-state index contributed by atoms with van der Waals surface area (Å²) in [5.41, 5.74) is 6.45. The highest BCUT2D eigenvalue weighted by Crippen LogP contribution is 2.18. The van der Waals surface area contributed by atoms with Crippen LogP contribution in [0.5, 0.6) is 5.88 Å². The van der Waals surface area contributed by atoms with Crippen molar-refractivity contribution < 1.29 is 9.47 Å². The van der Waals surface area contributed by atoms with Crippen molar-refractivity contribution in [3.8, 4) is 11.9 Å². The lowest BCUT2D eigenvalue weighted by Crippen LogP contribution is -2.05. The van der Waals surface area contributed by atoms with Crippen LogP contribution in [0.15, 0.2) is 12.3 Å². The maximum atomic E-state index is 8.60. The van der Waals surface area contributed by atoms with E-state index in [0.29, 0.717) is 30.3 Å². The van der Waals surface area contributed by atoms with Gasteiger partial charge in [-0.1, -0.05) is 0 Å². The fourth-order valence-corrected chi connectivity index (χ4v) is 1.02. The number of pyridine rings is 1. The number of methoxy groups -OCH3 is 1. The summed E-state index contributed by atoms with van der Waals surface area (Å²) in [4.78, 5) is 3.94. The summed E-state index contributed by atoms with van der Waals surface area (Å²) in [7, 11) is 1.63. The van der Waals surface area contributed by atoms with E-state index in [0.717, 1.165) is 6.42 Å². The molecule has 0 saturated heterocycles. The first-order chi connectivity index (χ1) is 7.27. The van der Waals surface area contributed by atoms with Crippen LogP contribution >= 0.6 is 0 Å². The summed E-state index contributed by atoms with van der Waals surface area (Å²) in [5.74, 6) is 0.366. The lowest BCUT2D eigenvalue weighted by atomic mass is 10.3. The molecule has 1 aromatic rings. The van der Waals surface area contributed by atoms with Gasteiger partial charge in [0.2, 0.25) is 5.88 Å². The van der Waals surface area contributed by atoms with Crippen LogP contribution in [0, 0.1) is 11.3 Å². The van der Waals surface area contributed by atoms with Gasteiger partial charge < -0.3 is 15.2 Å². The van der Waals surface area contributed by atoms with Gasteiger partial charge >= 0.3 is 0 Å². The second-order valence-corrected chi connectivity index (χ2v) is 2.92. The quantitative estimate of drug-likeness (QED) is 0.727. The summed E-state index contributed by atoms with van der Waals surface area (Å²) in [6.07, 6.45) is 2.21. The van der Waals surface area contributed by atoms with Crippen molar-refractivity contribution >= 4 is 5.69 Å². The summed E-state index contributed by atoms with van der Waals surface area (Å²) in [5, 5.41) is 8.60. The van der Waals surface area contributed by atoms with Crippen molar-refractivity contribution in [2.24, 2.45) is 0 Å². The smallest absolute Gasteiger partial charge is 0.237 e. The molecule has 0 radical (unpaired) electrons. The van der Waals surface area contributed by atoms with E-state index in [1.54, 1.807) is 13.2 Å². The summed E-state index contributed by atoms with van der Waals surface area (Å²) in [6, 6.07) is 3.49. The molecular weight excluding hydrogens is 194 g/mol. The Morgan fingerprint density at radius 3 is 2.93 bits per heavy atom. The molecule has 0 aromatic carbocycles. The molecule has 0 aliphatic carbocycles. The second-order valence-electron chi connectivity index (χ2n) is 2.92. The number of ether oxygens (including phenoxy) is 2. The molecule has 1 rings (SSSR count). The fourth-order valence-electron chi connectivity index (χ4n) is 1.02. The normalized spacial score (nSPS) is 9.60. The number of nitrogens with zero attached hydrogens (tertiary/aromatic N) is 2. The SMILES string of the molecule is COCCCOc1ncc(C#N)cc1N. The third-order valence-electron chi connectivity index (χ3n) is 1.74. The maximum absolute atomic E-state index is 8.60. The Bertz CT molecular complexity index is 360. The predicted octanol–water partition coefficient (Wildman–Crippen LogP) is 0.951. The molecule has 2 N–H and O–H groups in total. The highest BCUT2D eigenvalue weighted by atomic mass is 16.5. The first-order valence-corrected chi connectivity index (χ1v) is 4.55. The summed E-state index contributed by atoms with van der Waals surface area (Å²) in [6.45, 7) is 1.13. The minimum absolute atomic E-state index is 0.366. The molecule has 0 saturated carbocycles. The van der Waals surface area contributed by atoms with E-state index >= 15 is 0 Å². The highest BCUT2D eigenvalue weighted by Gasteiger charge is 2.02. The molecular formula is C10H13N3O2. The Morgan fingerprint density at radius 1 is 1.53 bits per heavy atom.